The number of hydrogen-bond acceptors (Lipinski definition) is 5. The van der Waals surface area contributed by atoms with Gasteiger partial charge in [0.25, 0.3) is 0 Å². The summed E-state index contributed by atoms with van der Waals surface area (Å²) in [6.45, 7) is 2.40. The average Bonchev–Trinajstić information content (AvgIpc) is 2.42. The van der Waals surface area contributed by atoms with E-state index in [1.807, 2.05) is 6.92 Å². The first-order valence-corrected chi connectivity index (χ1v) is 8.47. The summed E-state index contributed by atoms with van der Waals surface area (Å²) in [4.78, 5) is 8.27. The molecule has 110 valence electrons. The van der Waals surface area contributed by atoms with E-state index in [-0.39, 0.29) is 10.5 Å². The normalized spacial score (nSPS) is 36.6. The van der Waals surface area contributed by atoms with E-state index < -0.39 is 16.4 Å². The summed E-state index contributed by atoms with van der Waals surface area (Å²) in [5, 5.41) is 11.2. The summed E-state index contributed by atoms with van der Waals surface area (Å²) >= 11 is 0. The van der Waals surface area contributed by atoms with E-state index in [9.17, 15) is 9.32 Å². The Morgan fingerprint density at radius 1 is 1.35 bits per heavy atom. The van der Waals surface area contributed by atoms with Gasteiger partial charge in [-0.05, 0) is 32.6 Å². The van der Waals surface area contributed by atoms with Crippen molar-refractivity contribution in [3.05, 3.63) is 18.0 Å². The molecule has 3 heterocycles. The molecule has 0 saturated carbocycles. The van der Waals surface area contributed by atoms with Crippen LogP contribution in [0.1, 0.15) is 44.6 Å². The first kappa shape index (κ1) is 13.9. The van der Waals surface area contributed by atoms with Gasteiger partial charge in [-0.15, -0.1) is 0 Å². The molecule has 0 amide bonds. The molecule has 0 radical (unpaired) electrons. The van der Waals surface area contributed by atoms with Gasteiger partial charge in [-0.3, -0.25) is 4.21 Å². The molecular weight excluding hydrogens is 276 g/mol. The summed E-state index contributed by atoms with van der Waals surface area (Å²) in [6, 6.07) is 0.333. The van der Waals surface area contributed by atoms with Gasteiger partial charge in [-0.25, -0.2) is 9.97 Å². The molecule has 6 heteroatoms. The number of nitrogens with zero attached hydrogens (tertiary/aromatic N) is 2. The van der Waals surface area contributed by atoms with Crippen molar-refractivity contribution in [1.82, 2.24) is 9.97 Å². The van der Waals surface area contributed by atoms with Crippen LogP contribution < -0.4 is 4.74 Å². The lowest BCUT2D eigenvalue weighted by atomic mass is 9.81. The fourth-order valence-corrected chi connectivity index (χ4v) is 5.50. The minimum Gasteiger partial charge on any atom is -0.464 e. The second-order valence-electron chi connectivity index (χ2n) is 5.63. The molecule has 0 spiro atoms. The zero-order valence-electron chi connectivity index (χ0n) is 11.6. The summed E-state index contributed by atoms with van der Waals surface area (Å²) in [5.41, 5.74) is -0.219. The predicted octanol–water partition coefficient (Wildman–Crippen LogP) is 1.53. The third kappa shape index (κ3) is 2.46. The maximum atomic E-state index is 12.2. The Balaban J connectivity index is 1.83. The number of ether oxygens (including phenoxy) is 1. The highest BCUT2D eigenvalue weighted by atomic mass is 32.2. The lowest BCUT2D eigenvalue weighted by molar-refractivity contribution is 0.00578. The Labute approximate surface area is 121 Å². The minimum atomic E-state index is -0.936. The largest absolute Gasteiger partial charge is 0.464 e. The zero-order chi connectivity index (χ0) is 14.2. The molecule has 2 unspecified atom stereocenters. The van der Waals surface area contributed by atoms with Gasteiger partial charge in [-0.2, -0.15) is 0 Å². The number of hydrogen-bond donors (Lipinski definition) is 1. The number of aromatic nitrogens is 2. The van der Waals surface area contributed by atoms with Crippen molar-refractivity contribution in [1.29, 1.82) is 0 Å². The molecule has 20 heavy (non-hydrogen) atoms. The van der Waals surface area contributed by atoms with E-state index in [1.165, 1.54) is 0 Å². The molecule has 1 N–H and O–H groups in total. The van der Waals surface area contributed by atoms with Crippen molar-refractivity contribution in [2.45, 2.75) is 55.1 Å². The van der Waals surface area contributed by atoms with Crippen molar-refractivity contribution in [2.24, 2.45) is 0 Å². The first-order chi connectivity index (χ1) is 9.62. The van der Waals surface area contributed by atoms with Crippen LogP contribution in [-0.2, 0) is 16.4 Å². The molecule has 1 aromatic rings. The van der Waals surface area contributed by atoms with Crippen LogP contribution in [0.4, 0.5) is 0 Å². The number of rotatable bonds is 3. The molecular formula is C14H20N2O3S. The minimum absolute atomic E-state index is 0.110. The van der Waals surface area contributed by atoms with Crippen LogP contribution in [0.15, 0.2) is 12.4 Å². The maximum Gasteiger partial charge on any atom is 0.316 e. The smallest absolute Gasteiger partial charge is 0.316 e. The van der Waals surface area contributed by atoms with Crippen LogP contribution in [0.2, 0.25) is 0 Å². The SMILES string of the molecule is CCOc1ncc(C2(O)CC3CCCC(C2)S3=O)cn1. The van der Waals surface area contributed by atoms with Crippen LogP contribution in [0, 0.1) is 0 Å². The van der Waals surface area contributed by atoms with Gasteiger partial charge >= 0.3 is 6.01 Å². The summed E-state index contributed by atoms with van der Waals surface area (Å²) in [5.74, 6) is 0. The molecule has 3 rings (SSSR count). The molecule has 0 aliphatic carbocycles. The molecule has 2 fully saturated rings. The van der Waals surface area contributed by atoms with Crippen molar-refractivity contribution in [2.75, 3.05) is 6.61 Å². The van der Waals surface area contributed by atoms with Crippen molar-refractivity contribution in [3.63, 3.8) is 0 Å². The van der Waals surface area contributed by atoms with Gasteiger partial charge in [-0.1, -0.05) is 6.42 Å². The fourth-order valence-electron chi connectivity index (χ4n) is 3.28. The monoisotopic (exact) mass is 296 g/mol. The molecule has 2 bridgehead atoms. The van der Waals surface area contributed by atoms with Gasteiger partial charge in [0.2, 0.25) is 0 Å². The molecule has 0 aromatic carbocycles. The number of aliphatic hydroxyl groups is 1. The van der Waals surface area contributed by atoms with E-state index in [0.29, 0.717) is 25.5 Å². The van der Waals surface area contributed by atoms with Crippen molar-refractivity contribution >= 4 is 10.8 Å². The van der Waals surface area contributed by atoms with E-state index >= 15 is 0 Å². The zero-order valence-corrected chi connectivity index (χ0v) is 12.4. The summed E-state index contributed by atoms with van der Waals surface area (Å²) < 4.78 is 17.4. The van der Waals surface area contributed by atoms with E-state index in [1.54, 1.807) is 12.4 Å². The Kier molecular flexibility index (Phi) is 3.77. The second kappa shape index (κ2) is 5.41. The summed E-state index contributed by atoms with van der Waals surface area (Å²) in [7, 11) is -0.789. The van der Waals surface area contributed by atoms with E-state index in [4.69, 9.17) is 4.74 Å². The topological polar surface area (TPSA) is 72.3 Å². The lowest BCUT2D eigenvalue weighted by Crippen LogP contribution is -2.47. The van der Waals surface area contributed by atoms with Crippen molar-refractivity contribution in [3.8, 4) is 6.01 Å². The Morgan fingerprint density at radius 3 is 2.50 bits per heavy atom. The van der Waals surface area contributed by atoms with Crippen LogP contribution in [0.5, 0.6) is 6.01 Å². The van der Waals surface area contributed by atoms with Gasteiger partial charge in [0, 0.05) is 39.3 Å². The first-order valence-electron chi connectivity index (χ1n) is 7.19. The quantitative estimate of drug-likeness (QED) is 0.915. The Bertz CT molecular complexity index is 490. The standard InChI is InChI=1S/C14H20N2O3S/c1-2-19-13-15-8-10(9-16-13)14(17)6-11-4-3-5-12(7-14)20(11)18/h8-9,11-12,17H,2-7H2,1H3. The van der Waals surface area contributed by atoms with Crippen LogP contribution >= 0.6 is 0 Å². The van der Waals surface area contributed by atoms with Gasteiger partial charge in [0.15, 0.2) is 0 Å². The van der Waals surface area contributed by atoms with Gasteiger partial charge in [0.1, 0.15) is 0 Å². The highest BCUT2D eigenvalue weighted by Crippen LogP contribution is 2.44. The molecule has 5 nitrogen and oxygen atoms in total. The lowest BCUT2D eigenvalue weighted by Gasteiger charge is -2.43. The Hall–Kier alpha value is -1.01. The third-order valence-electron chi connectivity index (χ3n) is 4.28. The molecule has 2 atom stereocenters. The van der Waals surface area contributed by atoms with Crippen LogP contribution in [0.3, 0.4) is 0 Å². The molecule has 2 aliphatic heterocycles. The van der Waals surface area contributed by atoms with Crippen molar-refractivity contribution < 1.29 is 14.1 Å². The third-order valence-corrected chi connectivity index (χ3v) is 6.40. The van der Waals surface area contributed by atoms with Gasteiger partial charge < -0.3 is 9.84 Å². The molecule has 1 aromatic heterocycles. The highest BCUT2D eigenvalue weighted by molar-refractivity contribution is 7.86. The fraction of sp³-hybridized carbons (Fsp3) is 0.714. The predicted molar refractivity (Wildman–Crippen MR) is 75.9 cm³/mol. The second-order valence-corrected chi connectivity index (χ2v) is 7.62. The summed E-state index contributed by atoms with van der Waals surface area (Å²) in [6.07, 6.45) is 7.40. The average molecular weight is 296 g/mol. The van der Waals surface area contributed by atoms with Crippen LogP contribution in [0.25, 0.3) is 0 Å². The van der Waals surface area contributed by atoms with Gasteiger partial charge in [0.05, 0.1) is 12.2 Å². The maximum absolute atomic E-state index is 12.2. The highest BCUT2D eigenvalue weighted by Gasteiger charge is 2.46. The Morgan fingerprint density at radius 2 is 1.95 bits per heavy atom. The molecule has 2 aliphatic rings. The van der Waals surface area contributed by atoms with E-state index in [0.717, 1.165) is 24.8 Å². The number of fused-ring (bicyclic) bond motifs is 2. The van der Waals surface area contributed by atoms with E-state index in [2.05, 4.69) is 9.97 Å². The van der Waals surface area contributed by atoms with Crippen LogP contribution in [-0.4, -0.2) is 36.4 Å². The molecule has 2 saturated heterocycles.